The van der Waals surface area contributed by atoms with Gasteiger partial charge in [-0.1, -0.05) is 27.7 Å². The largest absolute Gasteiger partial charge is 0.366 e. The zero-order valence-electron chi connectivity index (χ0n) is 13.2. The second-order valence-electron chi connectivity index (χ2n) is 6.35. The maximum Gasteiger partial charge on any atom is 0.152 e. The van der Waals surface area contributed by atoms with Gasteiger partial charge >= 0.3 is 0 Å². The molecule has 0 saturated carbocycles. The summed E-state index contributed by atoms with van der Waals surface area (Å²) in [6, 6.07) is 2.56. The number of nitrogens with one attached hydrogen (secondary N) is 1. The molecule has 0 aliphatic carbocycles. The fraction of sp³-hybridized carbons (Fsp3) is 0.625. The van der Waals surface area contributed by atoms with Gasteiger partial charge in [0, 0.05) is 18.4 Å². The first-order valence-corrected chi connectivity index (χ1v) is 7.58. The van der Waals surface area contributed by atoms with Crippen LogP contribution >= 0.6 is 0 Å². The van der Waals surface area contributed by atoms with E-state index in [0.29, 0.717) is 12.0 Å². The molecule has 2 aromatic rings. The van der Waals surface area contributed by atoms with Gasteiger partial charge in [0.15, 0.2) is 5.82 Å². The lowest BCUT2D eigenvalue weighted by Crippen LogP contribution is -2.17. The molecule has 20 heavy (non-hydrogen) atoms. The highest BCUT2D eigenvalue weighted by Gasteiger charge is 2.11. The summed E-state index contributed by atoms with van der Waals surface area (Å²) in [7, 11) is 0. The van der Waals surface area contributed by atoms with Crippen LogP contribution < -0.4 is 5.32 Å². The average Bonchev–Trinajstić information content (AvgIpc) is 2.81. The van der Waals surface area contributed by atoms with E-state index < -0.39 is 0 Å². The lowest BCUT2D eigenvalue weighted by Gasteiger charge is -2.16. The van der Waals surface area contributed by atoms with Crippen molar-refractivity contribution in [1.29, 1.82) is 0 Å². The monoisotopic (exact) mass is 274 g/mol. The molecule has 2 aromatic heterocycles. The van der Waals surface area contributed by atoms with Crippen LogP contribution in [0.15, 0.2) is 18.5 Å². The van der Waals surface area contributed by atoms with Gasteiger partial charge < -0.3 is 5.32 Å². The molecule has 2 heterocycles. The smallest absolute Gasteiger partial charge is 0.152 e. The van der Waals surface area contributed by atoms with Crippen LogP contribution in [0.25, 0.3) is 5.52 Å². The Kier molecular flexibility index (Phi) is 4.63. The van der Waals surface area contributed by atoms with Crippen LogP contribution in [0.2, 0.25) is 0 Å². The van der Waals surface area contributed by atoms with Gasteiger partial charge in [-0.25, -0.2) is 9.50 Å². The standard InChI is InChI=1S/C16H26N4/c1-11(2)6-7-13(5)18-16-15-10-14(12(3)4)19-20(15)9-8-17-16/h8-13H,6-7H2,1-5H3,(H,17,18). The number of aromatic nitrogens is 3. The molecule has 1 N–H and O–H groups in total. The molecule has 0 amide bonds. The quantitative estimate of drug-likeness (QED) is 0.862. The molecule has 0 spiro atoms. The molecular formula is C16H26N4. The van der Waals surface area contributed by atoms with E-state index in [0.717, 1.165) is 29.4 Å². The zero-order valence-corrected chi connectivity index (χ0v) is 13.2. The van der Waals surface area contributed by atoms with Gasteiger partial charge in [0.2, 0.25) is 0 Å². The normalized spacial score (nSPS) is 13.3. The summed E-state index contributed by atoms with van der Waals surface area (Å²) < 4.78 is 1.92. The number of hydrogen-bond donors (Lipinski definition) is 1. The predicted molar refractivity (Wildman–Crippen MR) is 84.2 cm³/mol. The molecule has 0 radical (unpaired) electrons. The second kappa shape index (κ2) is 6.25. The van der Waals surface area contributed by atoms with Crippen molar-refractivity contribution < 1.29 is 0 Å². The molecule has 0 fully saturated rings. The van der Waals surface area contributed by atoms with Crippen LogP contribution in [0.5, 0.6) is 0 Å². The second-order valence-corrected chi connectivity index (χ2v) is 6.35. The van der Waals surface area contributed by atoms with Crippen LogP contribution in [0, 0.1) is 5.92 Å². The third kappa shape index (κ3) is 3.50. The minimum absolute atomic E-state index is 0.425. The van der Waals surface area contributed by atoms with Crippen molar-refractivity contribution in [1.82, 2.24) is 14.6 Å². The minimum atomic E-state index is 0.425. The van der Waals surface area contributed by atoms with Gasteiger partial charge in [-0.15, -0.1) is 0 Å². The van der Waals surface area contributed by atoms with Crippen molar-refractivity contribution in [3.05, 3.63) is 24.2 Å². The van der Waals surface area contributed by atoms with Crippen molar-refractivity contribution in [2.24, 2.45) is 5.92 Å². The van der Waals surface area contributed by atoms with E-state index in [1.165, 1.54) is 6.42 Å². The van der Waals surface area contributed by atoms with E-state index in [9.17, 15) is 0 Å². The lowest BCUT2D eigenvalue weighted by molar-refractivity contribution is 0.527. The van der Waals surface area contributed by atoms with Crippen molar-refractivity contribution in [3.63, 3.8) is 0 Å². The Morgan fingerprint density at radius 2 is 1.90 bits per heavy atom. The maximum absolute atomic E-state index is 4.59. The van der Waals surface area contributed by atoms with Gasteiger partial charge in [0.25, 0.3) is 0 Å². The Labute approximate surface area is 121 Å². The van der Waals surface area contributed by atoms with Gasteiger partial charge in [0.1, 0.15) is 5.52 Å². The predicted octanol–water partition coefficient (Wildman–Crippen LogP) is 4.09. The van der Waals surface area contributed by atoms with Crippen LogP contribution in [0.3, 0.4) is 0 Å². The SMILES string of the molecule is CC(C)CCC(C)Nc1nccn2nc(C(C)C)cc12. The molecule has 0 aromatic carbocycles. The molecule has 1 unspecified atom stereocenters. The number of rotatable bonds is 6. The molecule has 110 valence electrons. The van der Waals surface area contributed by atoms with Crippen LogP contribution in [-0.2, 0) is 0 Å². The minimum Gasteiger partial charge on any atom is -0.366 e. The number of fused-ring (bicyclic) bond motifs is 1. The fourth-order valence-electron chi connectivity index (χ4n) is 2.22. The van der Waals surface area contributed by atoms with Gasteiger partial charge in [-0.2, -0.15) is 5.10 Å². The lowest BCUT2D eigenvalue weighted by atomic mass is 10.0. The molecule has 0 aliphatic rings. The first-order chi connectivity index (χ1) is 9.47. The molecule has 0 aliphatic heterocycles. The summed E-state index contributed by atoms with van der Waals surface area (Å²) in [6.07, 6.45) is 6.10. The van der Waals surface area contributed by atoms with Gasteiger partial charge in [-0.05, 0) is 37.7 Å². The summed E-state index contributed by atoms with van der Waals surface area (Å²) in [5, 5.41) is 8.11. The third-order valence-corrected chi connectivity index (χ3v) is 3.56. The highest BCUT2D eigenvalue weighted by atomic mass is 15.2. The van der Waals surface area contributed by atoms with Crippen molar-refractivity contribution >= 4 is 11.3 Å². The van der Waals surface area contributed by atoms with Gasteiger partial charge in [0.05, 0.1) is 5.69 Å². The summed E-state index contributed by atoms with van der Waals surface area (Å²) in [5.74, 6) is 2.11. The number of anilines is 1. The molecule has 0 saturated heterocycles. The average molecular weight is 274 g/mol. The van der Waals surface area contributed by atoms with E-state index in [2.05, 4.69) is 56.1 Å². The molecule has 2 rings (SSSR count). The Morgan fingerprint density at radius 3 is 2.55 bits per heavy atom. The fourth-order valence-corrected chi connectivity index (χ4v) is 2.22. The highest BCUT2D eigenvalue weighted by Crippen LogP contribution is 2.21. The molecule has 4 heteroatoms. The summed E-state index contributed by atoms with van der Waals surface area (Å²) in [6.45, 7) is 11.1. The molecular weight excluding hydrogens is 248 g/mol. The maximum atomic E-state index is 4.59. The van der Waals surface area contributed by atoms with E-state index in [1.807, 2.05) is 16.9 Å². The highest BCUT2D eigenvalue weighted by molar-refractivity contribution is 5.68. The Balaban J connectivity index is 2.17. The Bertz CT molecular complexity index is 557. The first-order valence-electron chi connectivity index (χ1n) is 7.58. The zero-order chi connectivity index (χ0) is 14.7. The summed E-state index contributed by atoms with van der Waals surface area (Å²) in [4.78, 5) is 4.47. The number of nitrogens with zero attached hydrogens (tertiary/aromatic N) is 3. The van der Waals surface area contributed by atoms with E-state index in [-0.39, 0.29) is 0 Å². The van der Waals surface area contributed by atoms with Crippen molar-refractivity contribution in [3.8, 4) is 0 Å². The Morgan fingerprint density at radius 1 is 1.15 bits per heavy atom. The molecule has 1 atom stereocenters. The van der Waals surface area contributed by atoms with E-state index in [1.54, 1.807) is 0 Å². The van der Waals surface area contributed by atoms with Crippen molar-refractivity contribution in [2.75, 3.05) is 5.32 Å². The van der Waals surface area contributed by atoms with E-state index in [4.69, 9.17) is 0 Å². The molecule has 0 bridgehead atoms. The van der Waals surface area contributed by atoms with Crippen LogP contribution in [0.4, 0.5) is 5.82 Å². The summed E-state index contributed by atoms with van der Waals surface area (Å²) in [5.41, 5.74) is 2.17. The Hall–Kier alpha value is -1.58. The third-order valence-electron chi connectivity index (χ3n) is 3.56. The van der Waals surface area contributed by atoms with Crippen LogP contribution in [-0.4, -0.2) is 20.6 Å². The summed E-state index contributed by atoms with van der Waals surface area (Å²) >= 11 is 0. The van der Waals surface area contributed by atoms with Crippen LogP contribution in [0.1, 0.15) is 59.1 Å². The number of hydrogen-bond acceptors (Lipinski definition) is 3. The topological polar surface area (TPSA) is 42.2 Å². The van der Waals surface area contributed by atoms with Crippen molar-refractivity contribution in [2.45, 2.75) is 59.4 Å². The van der Waals surface area contributed by atoms with Gasteiger partial charge in [-0.3, -0.25) is 0 Å². The molecule has 4 nitrogen and oxygen atoms in total. The van der Waals surface area contributed by atoms with E-state index >= 15 is 0 Å². The first kappa shape index (κ1) is 14.8.